The van der Waals surface area contributed by atoms with Gasteiger partial charge in [0, 0.05) is 24.2 Å². The van der Waals surface area contributed by atoms with Crippen molar-refractivity contribution in [3.05, 3.63) is 53.8 Å². The SMILES string of the molecule is O=C(CCCOc1ccccc1)NCc1cn2ccsc2n1. The van der Waals surface area contributed by atoms with Crippen LogP contribution in [0.2, 0.25) is 0 Å². The van der Waals surface area contributed by atoms with Gasteiger partial charge in [-0.1, -0.05) is 18.2 Å². The van der Waals surface area contributed by atoms with Crippen LogP contribution in [-0.2, 0) is 11.3 Å². The minimum Gasteiger partial charge on any atom is -0.494 e. The summed E-state index contributed by atoms with van der Waals surface area (Å²) in [5.74, 6) is 0.856. The Kier molecular flexibility index (Phi) is 4.70. The summed E-state index contributed by atoms with van der Waals surface area (Å²) in [6, 6.07) is 9.62. The smallest absolute Gasteiger partial charge is 0.220 e. The Morgan fingerprint density at radius 2 is 2.18 bits per heavy atom. The number of para-hydroxylation sites is 1. The molecule has 2 aromatic heterocycles. The highest BCUT2D eigenvalue weighted by atomic mass is 32.1. The second-order valence-electron chi connectivity index (χ2n) is 4.87. The Labute approximate surface area is 132 Å². The third kappa shape index (κ3) is 3.85. The van der Waals surface area contributed by atoms with Crippen LogP contribution in [0.5, 0.6) is 5.75 Å². The van der Waals surface area contributed by atoms with Gasteiger partial charge in [0.1, 0.15) is 5.75 Å². The number of aromatic nitrogens is 2. The maximum atomic E-state index is 11.8. The number of carbonyl (C=O) groups excluding carboxylic acids is 1. The number of benzene rings is 1. The maximum absolute atomic E-state index is 11.8. The van der Waals surface area contributed by atoms with E-state index >= 15 is 0 Å². The van der Waals surface area contributed by atoms with E-state index in [-0.39, 0.29) is 5.91 Å². The van der Waals surface area contributed by atoms with E-state index in [2.05, 4.69) is 10.3 Å². The lowest BCUT2D eigenvalue weighted by atomic mass is 10.3. The zero-order valence-corrected chi connectivity index (χ0v) is 12.9. The molecular formula is C16H17N3O2S. The van der Waals surface area contributed by atoms with Gasteiger partial charge < -0.3 is 10.1 Å². The normalized spacial score (nSPS) is 10.7. The molecule has 0 spiro atoms. The number of hydrogen-bond acceptors (Lipinski definition) is 4. The molecule has 0 radical (unpaired) electrons. The molecule has 0 aliphatic heterocycles. The molecule has 0 bridgehead atoms. The van der Waals surface area contributed by atoms with Crippen molar-refractivity contribution in [2.45, 2.75) is 19.4 Å². The first-order chi connectivity index (χ1) is 10.8. The van der Waals surface area contributed by atoms with Gasteiger partial charge in [0.15, 0.2) is 4.96 Å². The number of fused-ring (bicyclic) bond motifs is 1. The lowest BCUT2D eigenvalue weighted by Gasteiger charge is -2.06. The summed E-state index contributed by atoms with van der Waals surface area (Å²) in [4.78, 5) is 17.2. The molecule has 0 aliphatic carbocycles. The summed E-state index contributed by atoms with van der Waals surface area (Å²) >= 11 is 1.58. The van der Waals surface area contributed by atoms with E-state index in [0.29, 0.717) is 26.0 Å². The summed E-state index contributed by atoms with van der Waals surface area (Å²) < 4.78 is 7.51. The zero-order chi connectivity index (χ0) is 15.2. The van der Waals surface area contributed by atoms with E-state index in [1.807, 2.05) is 52.5 Å². The van der Waals surface area contributed by atoms with Crippen LogP contribution < -0.4 is 10.1 Å². The quantitative estimate of drug-likeness (QED) is 0.682. The van der Waals surface area contributed by atoms with Crippen molar-refractivity contribution in [1.82, 2.24) is 14.7 Å². The molecule has 3 rings (SSSR count). The van der Waals surface area contributed by atoms with Crippen LogP contribution in [0, 0.1) is 0 Å². The molecule has 0 aliphatic rings. The highest BCUT2D eigenvalue weighted by Crippen LogP contribution is 2.11. The number of amides is 1. The van der Waals surface area contributed by atoms with Gasteiger partial charge >= 0.3 is 0 Å². The van der Waals surface area contributed by atoms with E-state index < -0.39 is 0 Å². The van der Waals surface area contributed by atoms with Gasteiger partial charge in [-0.05, 0) is 18.6 Å². The summed E-state index contributed by atoms with van der Waals surface area (Å²) in [6.45, 7) is 1.00. The molecule has 2 heterocycles. The first kappa shape index (κ1) is 14.6. The Balaban J connectivity index is 1.35. The van der Waals surface area contributed by atoms with Crippen molar-refractivity contribution < 1.29 is 9.53 Å². The fourth-order valence-corrected chi connectivity index (χ4v) is 2.80. The van der Waals surface area contributed by atoms with Crippen LogP contribution in [0.25, 0.3) is 4.96 Å². The minimum absolute atomic E-state index is 0.0213. The molecular weight excluding hydrogens is 298 g/mol. The highest BCUT2D eigenvalue weighted by Gasteiger charge is 2.05. The van der Waals surface area contributed by atoms with E-state index in [1.165, 1.54) is 0 Å². The average molecular weight is 315 g/mol. The van der Waals surface area contributed by atoms with E-state index in [4.69, 9.17) is 4.74 Å². The van der Waals surface area contributed by atoms with Crippen LogP contribution in [0.1, 0.15) is 18.5 Å². The second-order valence-corrected chi connectivity index (χ2v) is 5.74. The fourth-order valence-electron chi connectivity index (χ4n) is 2.08. The first-order valence-electron chi connectivity index (χ1n) is 7.17. The van der Waals surface area contributed by atoms with Gasteiger partial charge in [-0.25, -0.2) is 4.98 Å². The lowest BCUT2D eigenvalue weighted by molar-refractivity contribution is -0.121. The molecule has 3 aromatic rings. The Bertz CT molecular complexity index is 708. The van der Waals surface area contributed by atoms with Crippen molar-refractivity contribution in [3.63, 3.8) is 0 Å². The van der Waals surface area contributed by atoms with Crippen molar-refractivity contribution in [3.8, 4) is 5.75 Å². The van der Waals surface area contributed by atoms with Crippen molar-refractivity contribution in [1.29, 1.82) is 0 Å². The number of carbonyl (C=O) groups is 1. The molecule has 22 heavy (non-hydrogen) atoms. The van der Waals surface area contributed by atoms with Crippen LogP contribution in [0.15, 0.2) is 48.1 Å². The van der Waals surface area contributed by atoms with Gasteiger partial charge in [0.25, 0.3) is 0 Å². The number of imidazole rings is 1. The number of rotatable bonds is 7. The Morgan fingerprint density at radius 3 is 3.00 bits per heavy atom. The molecule has 0 saturated carbocycles. The molecule has 1 amide bonds. The fraction of sp³-hybridized carbons (Fsp3) is 0.250. The van der Waals surface area contributed by atoms with Crippen molar-refractivity contribution >= 4 is 22.2 Å². The predicted octanol–water partition coefficient (Wildman–Crippen LogP) is 2.87. The molecule has 0 atom stereocenters. The predicted molar refractivity (Wildman–Crippen MR) is 86.1 cm³/mol. The third-order valence-electron chi connectivity index (χ3n) is 3.17. The first-order valence-corrected chi connectivity index (χ1v) is 8.05. The van der Waals surface area contributed by atoms with Crippen LogP contribution in [-0.4, -0.2) is 21.9 Å². The Hall–Kier alpha value is -2.34. The van der Waals surface area contributed by atoms with E-state index in [1.54, 1.807) is 11.3 Å². The van der Waals surface area contributed by atoms with Crippen LogP contribution >= 0.6 is 11.3 Å². The zero-order valence-electron chi connectivity index (χ0n) is 12.1. The standard InChI is InChI=1S/C16H17N3O2S/c20-15(7-4-9-21-14-5-2-1-3-6-14)17-11-13-12-19-8-10-22-16(19)18-13/h1-3,5-6,8,10,12H,4,7,9,11H2,(H,17,20). The van der Waals surface area contributed by atoms with Crippen molar-refractivity contribution in [2.75, 3.05) is 6.61 Å². The molecule has 6 heteroatoms. The lowest BCUT2D eigenvalue weighted by Crippen LogP contribution is -2.23. The Morgan fingerprint density at radius 1 is 1.32 bits per heavy atom. The number of hydrogen-bond donors (Lipinski definition) is 1. The average Bonchev–Trinajstić information content (AvgIpc) is 3.12. The topological polar surface area (TPSA) is 55.6 Å². The van der Waals surface area contributed by atoms with Gasteiger partial charge in [-0.15, -0.1) is 11.3 Å². The van der Waals surface area contributed by atoms with Gasteiger partial charge in [-0.3, -0.25) is 9.20 Å². The van der Waals surface area contributed by atoms with E-state index in [9.17, 15) is 4.79 Å². The third-order valence-corrected chi connectivity index (χ3v) is 3.94. The van der Waals surface area contributed by atoms with Crippen LogP contribution in [0.4, 0.5) is 0 Å². The largest absolute Gasteiger partial charge is 0.494 e. The molecule has 0 saturated heterocycles. The molecule has 114 valence electrons. The molecule has 0 fully saturated rings. The molecule has 0 unspecified atom stereocenters. The molecule has 1 N–H and O–H groups in total. The summed E-state index contributed by atoms with van der Waals surface area (Å²) in [5, 5.41) is 4.87. The van der Waals surface area contributed by atoms with Crippen LogP contribution in [0.3, 0.4) is 0 Å². The highest BCUT2D eigenvalue weighted by molar-refractivity contribution is 7.15. The molecule has 1 aromatic carbocycles. The van der Waals surface area contributed by atoms with Gasteiger partial charge in [0.05, 0.1) is 18.8 Å². The minimum atomic E-state index is 0.0213. The van der Waals surface area contributed by atoms with E-state index in [0.717, 1.165) is 16.4 Å². The monoisotopic (exact) mass is 315 g/mol. The van der Waals surface area contributed by atoms with Crippen molar-refractivity contribution in [2.24, 2.45) is 0 Å². The number of thiazole rings is 1. The summed E-state index contributed by atoms with van der Waals surface area (Å²) in [7, 11) is 0. The number of ether oxygens (including phenoxy) is 1. The number of nitrogens with one attached hydrogen (secondary N) is 1. The van der Waals surface area contributed by atoms with Gasteiger partial charge in [0.2, 0.25) is 5.91 Å². The maximum Gasteiger partial charge on any atom is 0.220 e. The second kappa shape index (κ2) is 7.09. The molecule has 5 nitrogen and oxygen atoms in total. The van der Waals surface area contributed by atoms with Gasteiger partial charge in [-0.2, -0.15) is 0 Å². The summed E-state index contributed by atoms with van der Waals surface area (Å²) in [5.41, 5.74) is 0.876. The summed E-state index contributed by atoms with van der Waals surface area (Å²) in [6.07, 6.45) is 5.04. The number of nitrogens with zero attached hydrogens (tertiary/aromatic N) is 2.